The molecule has 0 spiro atoms. The molecule has 0 unspecified atom stereocenters. The van der Waals surface area contributed by atoms with E-state index in [1.54, 1.807) is 30.3 Å². The zero-order valence-electron chi connectivity index (χ0n) is 13.8. The fourth-order valence-corrected chi connectivity index (χ4v) is 2.76. The molecular formula is C22H15FO3. The molecule has 0 saturated carbocycles. The van der Waals surface area contributed by atoms with Gasteiger partial charge in [0.25, 0.3) is 0 Å². The van der Waals surface area contributed by atoms with Crippen LogP contribution in [0.2, 0.25) is 0 Å². The third kappa shape index (κ3) is 3.22. The van der Waals surface area contributed by atoms with Crippen LogP contribution >= 0.6 is 0 Å². The second kappa shape index (κ2) is 6.84. The average molecular weight is 346 g/mol. The highest BCUT2D eigenvalue weighted by atomic mass is 19.1. The lowest BCUT2D eigenvalue weighted by molar-refractivity contribution is 0.306. The molecule has 0 fully saturated rings. The van der Waals surface area contributed by atoms with Crippen LogP contribution in [0.25, 0.3) is 22.1 Å². The van der Waals surface area contributed by atoms with Gasteiger partial charge in [0.15, 0.2) is 5.43 Å². The quantitative estimate of drug-likeness (QED) is 0.511. The van der Waals surface area contributed by atoms with Crippen molar-refractivity contribution in [2.24, 2.45) is 0 Å². The van der Waals surface area contributed by atoms with E-state index in [-0.39, 0.29) is 11.2 Å². The molecule has 0 amide bonds. The normalized spacial score (nSPS) is 10.8. The van der Waals surface area contributed by atoms with Crippen LogP contribution in [0.15, 0.2) is 88.3 Å². The van der Waals surface area contributed by atoms with Crippen molar-refractivity contribution in [1.82, 2.24) is 0 Å². The van der Waals surface area contributed by atoms with Crippen molar-refractivity contribution in [2.45, 2.75) is 6.61 Å². The van der Waals surface area contributed by atoms with Crippen molar-refractivity contribution in [3.8, 4) is 16.9 Å². The number of benzene rings is 3. The van der Waals surface area contributed by atoms with Gasteiger partial charge in [-0.15, -0.1) is 0 Å². The van der Waals surface area contributed by atoms with Gasteiger partial charge in [0.1, 0.15) is 30.0 Å². The highest BCUT2D eigenvalue weighted by Gasteiger charge is 2.10. The van der Waals surface area contributed by atoms with Crippen LogP contribution in [0.5, 0.6) is 5.75 Å². The lowest BCUT2D eigenvalue weighted by Gasteiger charge is -2.08. The number of fused-ring (bicyclic) bond motifs is 1. The van der Waals surface area contributed by atoms with Crippen molar-refractivity contribution >= 4 is 11.0 Å². The van der Waals surface area contributed by atoms with Gasteiger partial charge in [0, 0.05) is 6.07 Å². The number of hydrogen-bond acceptors (Lipinski definition) is 3. The van der Waals surface area contributed by atoms with Gasteiger partial charge in [-0.25, -0.2) is 4.39 Å². The molecule has 3 nitrogen and oxygen atoms in total. The maximum atomic E-state index is 12.9. The lowest BCUT2D eigenvalue weighted by Crippen LogP contribution is -2.05. The summed E-state index contributed by atoms with van der Waals surface area (Å²) in [6.07, 6.45) is 1.48. The Hall–Kier alpha value is -3.40. The Kier molecular flexibility index (Phi) is 4.23. The molecule has 4 rings (SSSR count). The Labute approximate surface area is 149 Å². The maximum Gasteiger partial charge on any atom is 0.200 e. The fourth-order valence-electron chi connectivity index (χ4n) is 2.76. The molecule has 3 aromatic carbocycles. The molecule has 26 heavy (non-hydrogen) atoms. The summed E-state index contributed by atoms with van der Waals surface area (Å²) in [4.78, 5) is 12.7. The summed E-state index contributed by atoms with van der Waals surface area (Å²) in [7, 11) is 0. The molecule has 1 aromatic heterocycles. The van der Waals surface area contributed by atoms with Crippen molar-refractivity contribution < 1.29 is 13.5 Å². The van der Waals surface area contributed by atoms with Crippen molar-refractivity contribution in [1.29, 1.82) is 0 Å². The van der Waals surface area contributed by atoms with Gasteiger partial charge in [-0.2, -0.15) is 0 Å². The Balaban J connectivity index is 1.62. The number of halogens is 1. The monoisotopic (exact) mass is 346 g/mol. The van der Waals surface area contributed by atoms with Gasteiger partial charge in [-0.05, 0) is 35.4 Å². The molecule has 4 heteroatoms. The van der Waals surface area contributed by atoms with E-state index in [1.807, 2.05) is 30.3 Å². The first-order chi connectivity index (χ1) is 12.7. The Morgan fingerprint density at radius 3 is 2.46 bits per heavy atom. The Bertz CT molecular complexity index is 1100. The first kappa shape index (κ1) is 16.1. The summed E-state index contributed by atoms with van der Waals surface area (Å²) < 4.78 is 24.3. The molecule has 0 atom stereocenters. The van der Waals surface area contributed by atoms with Crippen LogP contribution in [0.3, 0.4) is 0 Å². The molecular weight excluding hydrogens is 331 g/mol. The number of rotatable bonds is 4. The molecule has 0 saturated heterocycles. The second-order valence-corrected chi connectivity index (χ2v) is 5.92. The van der Waals surface area contributed by atoms with Gasteiger partial charge in [0.2, 0.25) is 0 Å². The molecule has 4 aromatic rings. The second-order valence-electron chi connectivity index (χ2n) is 5.92. The van der Waals surface area contributed by atoms with Gasteiger partial charge in [-0.3, -0.25) is 4.79 Å². The summed E-state index contributed by atoms with van der Waals surface area (Å²) in [6, 6.07) is 20.7. The van der Waals surface area contributed by atoms with Gasteiger partial charge < -0.3 is 9.15 Å². The van der Waals surface area contributed by atoms with Crippen LogP contribution < -0.4 is 10.2 Å². The SMILES string of the molecule is O=c1c(-c2ccccc2)coc2cc(OCc3ccc(F)cc3)ccc12. The average Bonchev–Trinajstić information content (AvgIpc) is 2.68. The number of hydrogen-bond donors (Lipinski definition) is 0. The van der Waals surface area contributed by atoms with Crippen LogP contribution in [0.1, 0.15) is 5.56 Å². The first-order valence-corrected chi connectivity index (χ1v) is 8.19. The zero-order chi connectivity index (χ0) is 17.9. The van der Waals surface area contributed by atoms with E-state index < -0.39 is 0 Å². The molecule has 0 aliphatic heterocycles. The van der Waals surface area contributed by atoms with E-state index in [0.29, 0.717) is 28.9 Å². The number of ether oxygens (including phenoxy) is 1. The smallest absolute Gasteiger partial charge is 0.200 e. The van der Waals surface area contributed by atoms with E-state index in [9.17, 15) is 9.18 Å². The van der Waals surface area contributed by atoms with E-state index in [1.165, 1.54) is 18.4 Å². The van der Waals surface area contributed by atoms with Crippen molar-refractivity contribution in [2.75, 3.05) is 0 Å². The minimum Gasteiger partial charge on any atom is -0.489 e. The van der Waals surface area contributed by atoms with Gasteiger partial charge in [-0.1, -0.05) is 42.5 Å². The van der Waals surface area contributed by atoms with Crippen LogP contribution in [0, 0.1) is 5.82 Å². The summed E-state index contributed by atoms with van der Waals surface area (Å²) in [5.41, 5.74) is 2.58. The highest BCUT2D eigenvalue weighted by molar-refractivity contribution is 5.82. The predicted octanol–water partition coefficient (Wildman–Crippen LogP) is 5.18. The van der Waals surface area contributed by atoms with Crippen LogP contribution in [-0.2, 0) is 6.61 Å². The minimum absolute atomic E-state index is 0.0810. The Morgan fingerprint density at radius 2 is 1.69 bits per heavy atom. The predicted molar refractivity (Wildman–Crippen MR) is 98.7 cm³/mol. The minimum atomic E-state index is -0.282. The largest absolute Gasteiger partial charge is 0.489 e. The van der Waals surface area contributed by atoms with Crippen molar-refractivity contribution in [3.05, 3.63) is 101 Å². The lowest BCUT2D eigenvalue weighted by atomic mass is 10.1. The summed E-state index contributed by atoms with van der Waals surface area (Å²) in [5.74, 6) is 0.299. The van der Waals surface area contributed by atoms with Crippen molar-refractivity contribution in [3.63, 3.8) is 0 Å². The zero-order valence-corrected chi connectivity index (χ0v) is 13.8. The molecule has 0 bridgehead atoms. The van der Waals surface area contributed by atoms with E-state index in [4.69, 9.17) is 9.15 Å². The fraction of sp³-hybridized carbons (Fsp3) is 0.0455. The molecule has 0 aliphatic carbocycles. The summed E-state index contributed by atoms with van der Waals surface area (Å²) in [5, 5.41) is 0.500. The molecule has 128 valence electrons. The summed E-state index contributed by atoms with van der Waals surface area (Å²) >= 11 is 0. The van der Waals surface area contributed by atoms with Gasteiger partial charge >= 0.3 is 0 Å². The molecule has 0 N–H and O–H groups in total. The first-order valence-electron chi connectivity index (χ1n) is 8.19. The van der Waals surface area contributed by atoms with Crippen LogP contribution in [-0.4, -0.2) is 0 Å². The third-order valence-corrected chi connectivity index (χ3v) is 4.15. The van der Waals surface area contributed by atoms with E-state index in [2.05, 4.69) is 0 Å². The Morgan fingerprint density at radius 1 is 0.923 bits per heavy atom. The van der Waals surface area contributed by atoms with Gasteiger partial charge in [0.05, 0.1) is 10.9 Å². The van der Waals surface area contributed by atoms with Crippen LogP contribution in [0.4, 0.5) is 4.39 Å². The summed E-state index contributed by atoms with van der Waals surface area (Å²) in [6.45, 7) is 0.304. The van der Waals surface area contributed by atoms with E-state index in [0.717, 1.165) is 11.1 Å². The molecule has 0 radical (unpaired) electrons. The standard InChI is InChI=1S/C22H15FO3/c23-17-8-6-15(7-9-17)13-25-18-10-11-19-21(12-18)26-14-20(22(19)24)16-4-2-1-3-5-16/h1-12,14H,13H2. The molecule has 0 aliphatic rings. The van der Waals surface area contributed by atoms with E-state index >= 15 is 0 Å². The highest BCUT2D eigenvalue weighted by Crippen LogP contribution is 2.23. The maximum absolute atomic E-state index is 12.9. The third-order valence-electron chi connectivity index (χ3n) is 4.15. The molecule has 1 heterocycles. The topological polar surface area (TPSA) is 39.4 Å².